The van der Waals surface area contributed by atoms with E-state index in [9.17, 15) is 4.79 Å². The molecule has 2 rings (SSSR count). The van der Waals surface area contributed by atoms with Crippen LogP contribution in [0.1, 0.15) is 11.1 Å². The van der Waals surface area contributed by atoms with Crippen LogP contribution in [0.3, 0.4) is 0 Å². The van der Waals surface area contributed by atoms with Crippen molar-refractivity contribution in [2.24, 2.45) is 4.99 Å². The average molecular weight is 324 g/mol. The molecule has 0 radical (unpaired) electrons. The number of methoxy groups -OCH3 is 2. The molecule has 22 heavy (non-hydrogen) atoms. The van der Waals surface area contributed by atoms with Gasteiger partial charge in [-0.15, -0.1) is 11.8 Å². The lowest BCUT2D eigenvalue weighted by Gasteiger charge is -2.21. The minimum atomic E-state index is -0.745. The van der Waals surface area contributed by atoms with Crippen LogP contribution in [0.25, 0.3) is 0 Å². The molecule has 1 heterocycles. The second-order valence-electron chi connectivity index (χ2n) is 4.24. The third-order valence-electron chi connectivity index (χ3n) is 2.96. The van der Waals surface area contributed by atoms with Gasteiger partial charge in [-0.1, -0.05) is 0 Å². The summed E-state index contributed by atoms with van der Waals surface area (Å²) < 4.78 is 20.5. The van der Waals surface area contributed by atoms with E-state index in [1.54, 1.807) is 18.4 Å². The van der Waals surface area contributed by atoms with Crippen LogP contribution in [0.2, 0.25) is 0 Å². The topological polar surface area (TPSA) is 90.2 Å². The number of thioether (sulfide) groups is 1. The first-order chi connectivity index (χ1) is 10.6. The van der Waals surface area contributed by atoms with Gasteiger partial charge in [-0.05, 0) is 18.4 Å². The van der Waals surface area contributed by atoms with Gasteiger partial charge < -0.3 is 18.9 Å². The van der Waals surface area contributed by atoms with Gasteiger partial charge in [-0.3, -0.25) is 5.41 Å². The minimum absolute atomic E-state index is 0.101. The van der Waals surface area contributed by atoms with Crippen molar-refractivity contribution in [3.63, 3.8) is 0 Å². The first kappa shape index (κ1) is 16.3. The van der Waals surface area contributed by atoms with E-state index in [4.69, 9.17) is 19.6 Å². The largest absolute Gasteiger partial charge is 0.493 e. The smallest absolute Gasteiger partial charge is 0.434 e. The summed E-state index contributed by atoms with van der Waals surface area (Å²) in [4.78, 5) is 15.0. The summed E-state index contributed by atoms with van der Waals surface area (Å²) in [5.41, 5.74) is 1.44. The zero-order valence-electron chi connectivity index (χ0n) is 12.5. The van der Waals surface area contributed by atoms with Crippen LogP contribution in [0, 0.1) is 5.41 Å². The van der Waals surface area contributed by atoms with Crippen molar-refractivity contribution < 1.29 is 23.7 Å². The molecular formula is C14H16N2O5S. The molecule has 0 aromatic heterocycles. The normalized spacial score (nSPS) is 13.9. The molecule has 1 amide bonds. The molecule has 0 fully saturated rings. The molecule has 8 heteroatoms. The number of nitrogens with one attached hydrogen (secondary N) is 1. The quantitative estimate of drug-likeness (QED) is 0.678. The zero-order chi connectivity index (χ0) is 16.1. The van der Waals surface area contributed by atoms with E-state index >= 15 is 0 Å². The van der Waals surface area contributed by atoms with E-state index in [2.05, 4.69) is 9.73 Å². The van der Waals surface area contributed by atoms with E-state index in [1.807, 2.05) is 0 Å². The summed E-state index contributed by atoms with van der Waals surface area (Å²) in [6.45, 7) is 0.537. The van der Waals surface area contributed by atoms with Gasteiger partial charge >= 0.3 is 6.09 Å². The van der Waals surface area contributed by atoms with Crippen LogP contribution in [-0.4, -0.2) is 44.1 Å². The predicted octanol–water partition coefficient (Wildman–Crippen LogP) is 2.46. The summed E-state index contributed by atoms with van der Waals surface area (Å²) in [5, 5.41) is 8.50. The van der Waals surface area contributed by atoms with Crippen LogP contribution in [-0.2, 0) is 16.1 Å². The highest BCUT2D eigenvalue weighted by Gasteiger charge is 2.20. The molecule has 1 aliphatic rings. The molecule has 118 valence electrons. The Morgan fingerprint density at radius 1 is 1.41 bits per heavy atom. The fourth-order valence-electron chi connectivity index (χ4n) is 1.93. The van der Waals surface area contributed by atoms with Gasteiger partial charge in [0.15, 0.2) is 18.3 Å². The standard InChI is InChI=1S/C14H16N2O5S/c1-18-10-5-8(4-9-6-20-7-21-12(9)10)11(15)13(22-3)16-14(17)19-2/h4-5,15H,6-7H2,1-3H3. The van der Waals surface area contributed by atoms with Crippen LogP contribution in [0.5, 0.6) is 11.5 Å². The average Bonchev–Trinajstić information content (AvgIpc) is 2.57. The Morgan fingerprint density at radius 3 is 2.82 bits per heavy atom. The minimum Gasteiger partial charge on any atom is -0.493 e. The number of hydrogen-bond donors (Lipinski definition) is 1. The van der Waals surface area contributed by atoms with Crippen molar-refractivity contribution in [3.8, 4) is 11.5 Å². The van der Waals surface area contributed by atoms with E-state index in [1.165, 1.54) is 26.0 Å². The molecule has 0 aliphatic carbocycles. The molecule has 1 aromatic rings. The molecular weight excluding hydrogens is 308 g/mol. The molecule has 1 aliphatic heterocycles. The Kier molecular flexibility index (Phi) is 5.40. The van der Waals surface area contributed by atoms with Gasteiger partial charge in [-0.2, -0.15) is 4.99 Å². The van der Waals surface area contributed by atoms with Crippen molar-refractivity contribution in [2.75, 3.05) is 27.3 Å². The maximum absolute atomic E-state index is 11.3. The zero-order valence-corrected chi connectivity index (χ0v) is 13.3. The molecule has 7 nitrogen and oxygen atoms in total. The van der Waals surface area contributed by atoms with E-state index in [0.29, 0.717) is 23.7 Å². The Labute approximate surface area is 132 Å². The number of carbonyl (C=O) groups is 1. The van der Waals surface area contributed by atoms with Gasteiger partial charge in [0, 0.05) is 11.1 Å². The Morgan fingerprint density at radius 2 is 2.18 bits per heavy atom. The molecule has 0 bridgehead atoms. The summed E-state index contributed by atoms with van der Waals surface area (Å²) >= 11 is 1.19. The molecule has 0 spiro atoms. The Hall–Kier alpha value is -2.06. The number of ether oxygens (including phenoxy) is 4. The van der Waals surface area contributed by atoms with Gasteiger partial charge in [0.2, 0.25) is 0 Å². The lowest BCUT2D eigenvalue weighted by molar-refractivity contribution is -0.0180. The number of rotatable bonds is 3. The van der Waals surface area contributed by atoms with Crippen LogP contribution in [0.4, 0.5) is 4.79 Å². The SMILES string of the molecule is COC(=O)N=C(SC)C(=N)c1cc2c(c(OC)c1)OCOC2. The van der Waals surface area contributed by atoms with E-state index < -0.39 is 6.09 Å². The molecule has 1 aromatic carbocycles. The monoisotopic (exact) mass is 324 g/mol. The number of nitrogens with zero attached hydrogens (tertiary/aromatic N) is 1. The van der Waals surface area contributed by atoms with Gasteiger partial charge in [0.1, 0.15) is 5.04 Å². The third-order valence-corrected chi connectivity index (χ3v) is 3.64. The van der Waals surface area contributed by atoms with Crippen molar-refractivity contribution >= 4 is 28.6 Å². The van der Waals surface area contributed by atoms with Gasteiger partial charge in [0.25, 0.3) is 0 Å². The number of aliphatic imine (C=N–C) groups is 1. The maximum atomic E-state index is 11.3. The first-order valence-corrected chi connectivity index (χ1v) is 7.54. The van der Waals surface area contributed by atoms with Gasteiger partial charge in [-0.25, -0.2) is 4.79 Å². The highest BCUT2D eigenvalue weighted by Crippen LogP contribution is 2.35. The van der Waals surface area contributed by atoms with Crippen molar-refractivity contribution in [2.45, 2.75) is 6.61 Å². The van der Waals surface area contributed by atoms with E-state index in [-0.39, 0.29) is 17.5 Å². The predicted molar refractivity (Wildman–Crippen MR) is 83.5 cm³/mol. The summed E-state index contributed by atoms with van der Waals surface area (Å²) in [5.74, 6) is 1.12. The molecule has 0 unspecified atom stereocenters. The lowest BCUT2D eigenvalue weighted by Crippen LogP contribution is -2.16. The van der Waals surface area contributed by atoms with Gasteiger partial charge in [0.05, 0.1) is 26.5 Å². The maximum Gasteiger partial charge on any atom is 0.434 e. The number of hydrogen-bond acceptors (Lipinski definition) is 7. The highest BCUT2D eigenvalue weighted by molar-refractivity contribution is 8.15. The highest BCUT2D eigenvalue weighted by atomic mass is 32.2. The summed E-state index contributed by atoms with van der Waals surface area (Å²) in [6, 6.07) is 3.44. The second kappa shape index (κ2) is 7.28. The number of benzene rings is 1. The first-order valence-electron chi connectivity index (χ1n) is 6.32. The van der Waals surface area contributed by atoms with Crippen LogP contribution in [0.15, 0.2) is 17.1 Å². The molecule has 0 saturated carbocycles. The third kappa shape index (κ3) is 3.40. The molecule has 0 saturated heterocycles. The van der Waals surface area contributed by atoms with Crippen molar-refractivity contribution in [1.82, 2.24) is 0 Å². The fourth-order valence-corrected chi connectivity index (χ4v) is 2.42. The fraction of sp³-hybridized carbons (Fsp3) is 0.357. The molecule has 0 atom stereocenters. The van der Waals surface area contributed by atoms with Crippen LogP contribution >= 0.6 is 11.8 Å². The number of fused-ring (bicyclic) bond motifs is 1. The summed E-state index contributed by atoms with van der Waals surface area (Å²) in [6.07, 6.45) is 0.990. The number of carbonyl (C=O) groups excluding carboxylic acids is 1. The van der Waals surface area contributed by atoms with Crippen molar-refractivity contribution in [1.29, 1.82) is 5.41 Å². The summed E-state index contributed by atoms with van der Waals surface area (Å²) in [7, 11) is 2.77. The number of amides is 1. The Balaban J connectivity index is 2.41. The lowest BCUT2D eigenvalue weighted by atomic mass is 10.0. The van der Waals surface area contributed by atoms with E-state index in [0.717, 1.165) is 5.56 Å². The Bertz CT molecular complexity index is 613. The molecule has 1 N–H and O–H groups in total. The second-order valence-corrected chi connectivity index (χ2v) is 5.04. The van der Waals surface area contributed by atoms with Crippen LogP contribution < -0.4 is 9.47 Å². The van der Waals surface area contributed by atoms with Crippen molar-refractivity contribution in [3.05, 3.63) is 23.3 Å².